The van der Waals surface area contributed by atoms with Gasteiger partial charge >= 0.3 is 0 Å². The lowest BCUT2D eigenvalue weighted by Crippen LogP contribution is -2.36. The largest absolute Gasteiger partial charge is 0.454 e. The number of morpholine rings is 1. The van der Waals surface area contributed by atoms with Gasteiger partial charge in [0, 0.05) is 37.9 Å². The molecule has 0 atom stereocenters. The first-order valence-corrected chi connectivity index (χ1v) is 9.26. The van der Waals surface area contributed by atoms with Crippen molar-refractivity contribution >= 4 is 23.2 Å². The van der Waals surface area contributed by atoms with Crippen molar-refractivity contribution < 1.29 is 19.0 Å². The summed E-state index contributed by atoms with van der Waals surface area (Å²) in [4.78, 5) is 16.7. The van der Waals surface area contributed by atoms with E-state index in [-0.39, 0.29) is 12.7 Å². The molecule has 0 radical (unpaired) electrons. The summed E-state index contributed by atoms with van der Waals surface area (Å²) < 4.78 is 16.0. The van der Waals surface area contributed by atoms with Gasteiger partial charge in [0.05, 0.1) is 18.2 Å². The van der Waals surface area contributed by atoms with Gasteiger partial charge in [0.1, 0.15) is 0 Å². The molecule has 142 valence electrons. The highest BCUT2D eigenvalue weighted by molar-refractivity contribution is 6.32. The zero-order valence-electron chi connectivity index (χ0n) is 15.1. The molecular formula is C20H21ClN2O4. The Labute approximate surface area is 163 Å². The maximum absolute atomic E-state index is 12.8. The number of rotatable bonds is 4. The third-order valence-electron chi connectivity index (χ3n) is 4.75. The summed E-state index contributed by atoms with van der Waals surface area (Å²) in [5.41, 5.74) is 2.73. The summed E-state index contributed by atoms with van der Waals surface area (Å²) >= 11 is 6.19. The van der Waals surface area contributed by atoms with Crippen molar-refractivity contribution in [1.82, 2.24) is 4.90 Å². The van der Waals surface area contributed by atoms with Gasteiger partial charge in [-0.25, -0.2) is 0 Å². The van der Waals surface area contributed by atoms with Crippen LogP contribution in [0.15, 0.2) is 36.4 Å². The van der Waals surface area contributed by atoms with E-state index in [1.807, 2.05) is 0 Å². The van der Waals surface area contributed by atoms with Gasteiger partial charge in [-0.2, -0.15) is 0 Å². The summed E-state index contributed by atoms with van der Waals surface area (Å²) in [5.74, 6) is 0.885. The van der Waals surface area contributed by atoms with Crippen LogP contribution in [0.25, 0.3) is 0 Å². The number of halogens is 1. The molecule has 0 bridgehead atoms. The van der Waals surface area contributed by atoms with Crippen molar-refractivity contribution in [2.75, 3.05) is 45.0 Å². The fourth-order valence-corrected chi connectivity index (χ4v) is 3.56. The van der Waals surface area contributed by atoms with Gasteiger partial charge in [-0.05, 0) is 29.8 Å². The number of carbonyl (C=O) groups is 1. The van der Waals surface area contributed by atoms with Gasteiger partial charge in [-0.3, -0.25) is 4.79 Å². The standard InChI is InChI=1S/C20H21ClN2O4/c1-22(20(24)15-10-17(21)19-18(11-15)26-13-27-19)12-14-2-4-16(5-3-14)23-6-8-25-9-7-23/h2-5,10-11H,6-9,12-13H2,1H3. The lowest BCUT2D eigenvalue weighted by Gasteiger charge is -2.29. The Balaban J connectivity index is 1.43. The molecule has 1 amide bonds. The highest BCUT2D eigenvalue weighted by Gasteiger charge is 2.22. The number of anilines is 1. The molecule has 2 aliphatic rings. The van der Waals surface area contributed by atoms with Gasteiger partial charge in [0.2, 0.25) is 6.79 Å². The van der Waals surface area contributed by atoms with Crippen LogP contribution >= 0.6 is 11.6 Å². The Kier molecular flexibility index (Phi) is 5.09. The number of ether oxygens (including phenoxy) is 3. The molecule has 2 aromatic carbocycles. The van der Waals surface area contributed by atoms with Crippen molar-refractivity contribution in [3.05, 3.63) is 52.5 Å². The summed E-state index contributed by atoms with van der Waals surface area (Å²) in [7, 11) is 1.77. The van der Waals surface area contributed by atoms with Crippen molar-refractivity contribution in [1.29, 1.82) is 0 Å². The predicted molar refractivity (Wildman–Crippen MR) is 103 cm³/mol. The lowest BCUT2D eigenvalue weighted by atomic mass is 10.1. The second-order valence-corrected chi connectivity index (χ2v) is 7.03. The predicted octanol–water partition coefficient (Wildman–Crippen LogP) is 3.18. The summed E-state index contributed by atoms with van der Waals surface area (Å²) in [6, 6.07) is 11.6. The lowest BCUT2D eigenvalue weighted by molar-refractivity contribution is 0.0784. The fraction of sp³-hybridized carbons (Fsp3) is 0.350. The average Bonchev–Trinajstić information content (AvgIpc) is 3.18. The molecular weight excluding hydrogens is 368 g/mol. The molecule has 1 fully saturated rings. The van der Waals surface area contributed by atoms with Crippen LogP contribution in [0.3, 0.4) is 0 Å². The first-order chi connectivity index (χ1) is 13.1. The number of fused-ring (bicyclic) bond motifs is 1. The normalized spacial score (nSPS) is 15.7. The van der Waals surface area contributed by atoms with Crippen LogP contribution in [-0.2, 0) is 11.3 Å². The summed E-state index contributed by atoms with van der Waals surface area (Å²) in [5, 5.41) is 0.386. The van der Waals surface area contributed by atoms with E-state index in [0.717, 1.165) is 31.9 Å². The first kappa shape index (κ1) is 17.9. The van der Waals surface area contributed by atoms with E-state index < -0.39 is 0 Å². The van der Waals surface area contributed by atoms with E-state index in [1.165, 1.54) is 5.69 Å². The van der Waals surface area contributed by atoms with E-state index in [0.29, 0.717) is 28.6 Å². The van der Waals surface area contributed by atoms with Crippen molar-refractivity contribution in [2.45, 2.75) is 6.54 Å². The topological polar surface area (TPSA) is 51.2 Å². The monoisotopic (exact) mass is 388 g/mol. The maximum Gasteiger partial charge on any atom is 0.254 e. The highest BCUT2D eigenvalue weighted by Crippen LogP contribution is 2.40. The Morgan fingerprint density at radius 2 is 1.89 bits per heavy atom. The molecule has 0 N–H and O–H groups in total. The van der Waals surface area contributed by atoms with Crippen LogP contribution in [-0.4, -0.2) is 51.0 Å². The van der Waals surface area contributed by atoms with Crippen LogP contribution in [0.2, 0.25) is 5.02 Å². The minimum atomic E-state index is -0.118. The van der Waals surface area contributed by atoms with Crippen LogP contribution in [0.4, 0.5) is 5.69 Å². The summed E-state index contributed by atoms with van der Waals surface area (Å²) in [6.07, 6.45) is 0. The average molecular weight is 389 g/mol. The van der Waals surface area contributed by atoms with Crippen LogP contribution in [0.5, 0.6) is 11.5 Å². The minimum Gasteiger partial charge on any atom is -0.454 e. The Hall–Kier alpha value is -2.44. The molecule has 7 heteroatoms. The Morgan fingerprint density at radius 3 is 2.63 bits per heavy atom. The molecule has 2 aromatic rings. The van der Waals surface area contributed by atoms with E-state index in [4.69, 9.17) is 25.8 Å². The van der Waals surface area contributed by atoms with E-state index >= 15 is 0 Å². The number of hydrogen-bond donors (Lipinski definition) is 0. The molecule has 4 rings (SSSR count). The van der Waals surface area contributed by atoms with Gasteiger partial charge < -0.3 is 24.0 Å². The number of benzene rings is 2. The van der Waals surface area contributed by atoms with E-state index in [2.05, 4.69) is 29.2 Å². The SMILES string of the molecule is CN(Cc1ccc(N2CCOCC2)cc1)C(=O)c1cc(Cl)c2c(c1)OCO2. The van der Waals surface area contributed by atoms with E-state index in [9.17, 15) is 4.79 Å². The van der Waals surface area contributed by atoms with Gasteiger partial charge in [0.25, 0.3) is 5.91 Å². The molecule has 2 aliphatic heterocycles. The van der Waals surface area contributed by atoms with E-state index in [1.54, 1.807) is 24.1 Å². The first-order valence-electron chi connectivity index (χ1n) is 8.88. The molecule has 6 nitrogen and oxygen atoms in total. The Morgan fingerprint density at radius 1 is 1.15 bits per heavy atom. The molecule has 2 heterocycles. The van der Waals surface area contributed by atoms with Crippen molar-refractivity contribution in [3.63, 3.8) is 0 Å². The fourth-order valence-electron chi connectivity index (χ4n) is 3.29. The number of carbonyl (C=O) groups excluding carboxylic acids is 1. The molecule has 0 saturated carbocycles. The smallest absolute Gasteiger partial charge is 0.254 e. The van der Waals surface area contributed by atoms with Crippen LogP contribution < -0.4 is 14.4 Å². The van der Waals surface area contributed by atoms with Crippen LogP contribution in [0.1, 0.15) is 15.9 Å². The quantitative estimate of drug-likeness (QED) is 0.805. The second kappa shape index (κ2) is 7.66. The molecule has 0 unspecified atom stereocenters. The van der Waals surface area contributed by atoms with Gasteiger partial charge in [-0.15, -0.1) is 0 Å². The zero-order chi connectivity index (χ0) is 18.8. The van der Waals surface area contributed by atoms with Gasteiger partial charge in [0.15, 0.2) is 11.5 Å². The third kappa shape index (κ3) is 3.82. The second-order valence-electron chi connectivity index (χ2n) is 6.62. The van der Waals surface area contributed by atoms with Crippen molar-refractivity contribution in [2.24, 2.45) is 0 Å². The highest BCUT2D eigenvalue weighted by atomic mass is 35.5. The number of nitrogens with zero attached hydrogens (tertiary/aromatic N) is 2. The van der Waals surface area contributed by atoms with Gasteiger partial charge in [-0.1, -0.05) is 23.7 Å². The molecule has 0 aliphatic carbocycles. The number of hydrogen-bond acceptors (Lipinski definition) is 5. The third-order valence-corrected chi connectivity index (χ3v) is 5.03. The zero-order valence-corrected chi connectivity index (χ0v) is 15.9. The molecule has 0 spiro atoms. The Bertz CT molecular complexity index is 835. The van der Waals surface area contributed by atoms with Crippen LogP contribution in [0, 0.1) is 0 Å². The number of amides is 1. The minimum absolute atomic E-state index is 0.118. The summed E-state index contributed by atoms with van der Waals surface area (Å²) in [6.45, 7) is 3.96. The van der Waals surface area contributed by atoms with Crippen molar-refractivity contribution in [3.8, 4) is 11.5 Å². The molecule has 27 heavy (non-hydrogen) atoms. The molecule has 0 aromatic heterocycles. The maximum atomic E-state index is 12.8. The molecule has 1 saturated heterocycles.